The number of rotatable bonds is 22. The summed E-state index contributed by atoms with van der Waals surface area (Å²) < 4.78 is 52.1. The molecule has 2 aliphatic rings. The lowest BCUT2D eigenvalue weighted by atomic mass is 9.80. The predicted octanol–water partition coefficient (Wildman–Crippen LogP) is 21.5. The molecule has 0 saturated carbocycles. The molecule has 0 spiro atoms. The first-order chi connectivity index (χ1) is 52.9. The summed E-state index contributed by atoms with van der Waals surface area (Å²) in [6.07, 6.45) is 1.91. The summed E-state index contributed by atoms with van der Waals surface area (Å²) in [6, 6.07) is 44.6. The van der Waals surface area contributed by atoms with Crippen LogP contribution in [0.15, 0.2) is 195 Å². The first-order valence-electron chi connectivity index (χ1n) is 37.5. The zero-order chi connectivity index (χ0) is 80.5. The molecule has 0 radical (unpaired) electrons. The molecule has 13 rings (SSSR count). The highest BCUT2D eigenvalue weighted by Gasteiger charge is 2.48. The smallest absolute Gasteiger partial charge is 0.335 e. The van der Waals surface area contributed by atoms with Crippen LogP contribution in [-0.4, -0.2) is 69.4 Å². The van der Waals surface area contributed by atoms with Gasteiger partial charge >= 0.3 is 23.9 Å². The van der Waals surface area contributed by atoms with E-state index in [1.807, 2.05) is 125 Å². The maximum Gasteiger partial charge on any atom is 0.335 e. The Morgan fingerprint density at radius 1 is 0.312 bits per heavy atom. The molecular formula is C94H90N2O16. The molecule has 0 aromatic heterocycles. The molecule has 2 unspecified atom stereocenters. The van der Waals surface area contributed by atoms with Gasteiger partial charge < -0.3 is 37.9 Å². The number of ether oxygens (including phenoxy) is 8. The van der Waals surface area contributed by atoms with Gasteiger partial charge in [-0.05, 0) is 190 Å². The van der Waals surface area contributed by atoms with Crippen molar-refractivity contribution in [3.05, 3.63) is 240 Å². The standard InChI is InChI=1S/C94H90N2O16/c1-19-75(97)109-61-37-41-63(42-38-61)111-89(103)69(45-51(3)4)95-85(99)65-47-71(105-57-29-21-53(22-30-57)91(7,8)9)79-81-73(107-59-33-25-55(26-34-59)93(13,14)15)49-67-78-68(88(102)96(87(67)101)70(46-52(5)6)90(104)112-64-43-39-62(40-44-64)110-76(98)20-2)50-74(108-60-35-27-56(28-36-60)94(16,17)18)82(84(78)81)80-72(48-66(86(95)100)77(65)83(79)80)106-58-31-23-54(24-32-58)92(10,11)12/h19-44,47-52,69-70H,1-2,45-46H2,3-18H3. The molecule has 0 N–H and O–H groups in total. The summed E-state index contributed by atoms with van der Waals surface area (Å²) in [5.74, 6) is -5.63. The average molecular weight is 1500 g/mol. The molecule has 2 aliphatic heterocycles. The summed E-state index contributed by atoms with van der Waals surface area (Å²) in [6.45, 7) is 39.4. The van der Waals surface area contributed by atoms with Gasteiger partial charge in [-0.1, -0.05) is 172 Å². The van der Waals surface area contributed by atoms with Crippen LogP contribution < -0.4 is 37.9 Å². The Morgan fingerprint density at radius 3 is 0.714 bits per heavy atom. The Hall–Kier alpha value is -12.4. The van der Waals surface area contributed by atoms with Gasteiger partial charge in [0.1, 0.15) is 81.1 Å². The van der Waals surface area contributed by atoms with Crippen LogP contribution in [-0.2, 0) is 40.8 Å². The number of amides is 4. The molecular weight excluding hydrogens is 1410 g/mol. The highest BCUT2D eigenvalue weighted by Crippen LogP contribution is 2.59. The minimum atomic E-state index is -1.55. The summed E-state index contributed by atoms with van der Waals surface area (Å²) >= 11 is 0. The normalized spacial score (nSPS) is 13.8. The Balaban J connectivity index is 1.16. The third kappa shape index (κ3) is 15.3. The van der Waals surface area contributed by atoms with Crippen molar-refractivity contribution in [3.8, 4) is 69.0 Å². The monoisotopic (exact) mass is 1500 g/mol. The zero-order valence-electron chi connectivity index (χ0n) is 65.9. The SMILES string of the molecule is C=CC(=O)Oc1ccc(OC(=O)C(CC(C)C)N2C(=O)c3cc(Oc4ccc(C(C)(C)C)cc4)c4c5c(Oc6ccc(C(C)(C)C)cc6)cc6c7c(cc(Oc8ccc(C(C)(C)C)cc8)c(c8c(Oc9ccc(C(C)(C)C)cc9)cc(c3c48)C2=O)c75)C(=O)N(C(CC(C)C)C(=O)Oc2ccc(OC(=O)C=C)cc2)C6=O)cc1. The first-order valence-corrected chi connectivity index (χ1v) is 37.5. The molecule has 112 heavy (non-hydrogen) atoms. The van der Waals surface area contributed by atoms with E-state index >= 15 is 28.8 Å². The van der Waals surface area contributed by atoms with E-state index < -0.39 is 59.6 Å². The highest BCUT2D eigenvalue weighted by molar-refractivity contribution is 6.45. The van der Waals surface area contributed by atoms with Crippen LogP contribution in [0.5, 0.6) is 69.0 Å². The van der Waals surface area contributed by atoms with Gasteiger partial charge in [0.25, 0.3) is 23.6 Å². The molecule has 2 heterocycles. The molecule has 18 heteroatoms. The van der Waals surface area contributed by atoms with Gasteiger partial charge in [0, 0.05) is 55.2 Å². The molecule has 0 aliphatic carbocycles. The number of esters is 4. The van der Waals surface area contributed by atoms with Crippen LogP contribution in [0.2, 0.25) is 0 Å². The fraction of sp³-hybridized carbons (Fsp3) is 0.277. The fourth-order valence-electron chi connectivity index (χ4n) is 14.4. The number of benzene rings is 11. The quantitative estimate of drug-likeness (QED) is 0.0154. The van der Waals surface area contributed by atoms with E-state index in [4.69, 9.17) is 37.9 Å². The Labute approximate surface area is 651 Å². The lowest BCUT2D eigenvalue weighted by molar-refractivity contribution is -0.140. The number of imide groups is 2. The second-order valence-corrected chi connectivity index (χ2v) is 33.5. The minimum absolute atomic E-state index is 0.0303. The molecule has 2 atom stereocenters. The molecule has 0 bridgehead atoms. The second-order valence-electron chi connectivity index (χ2n) is 33.5. The van der Waals surface area contributed by atoms with E-state index in [1.54, 1.807) is 24.3 Å². The first kappa shape index (κ1) is 77.7. The maximum absolute atomic E-state index is 16.5. The number of carbonyl (C=O) groups is 8. The minimum Gasteiger partial charge on any atom is -0.457 e. The number of carbonyl (C=O) groups excluding carboxylic acids is 8. The number of hydrogen-bond donors (Lipinski definition) is 0. The molecule has 0 saturated heterocycles. The molecule has 0 fully saturated rings. The summed E-state index contributed by atoms with van der Waals surface area (Å²) in [5, 5.41) is 1.69. The van der Waals surface area contributed by atoms with E-state index in [-0.39, 0.29) is 158 Å². The van der Waals surface area contributed by atoms with Crippen molar-refractivity contribution in [2.75, 3.05) is 0 Å². The lowest BCUT2D eigenvalue weighted by Gasteiger charge is -2.36. The third-order valence-electron chi connectivity index (χ3n) is 20.2. The zero-order valence-corrected chi connectivity index (χ0v) is 65.9. The van der Waals surface area contributed by atoms with E-state index in [1.165, 1.54) is 48.5 Å². The Bertz CT molecular complexity index is 5030. The van der Waals surface area contributed by atoms with E-state index in [0.717, 1.165) is 44.2 Å². The summed E-state index contributed by atoms with van der Waals surface area (Å²) in [5.41, 5.74) is 2.51. The van der Waals surface area contributed by atoms with Gasteiger partial charge in [0.05, 0.1) is 22.3 Å². The molecule has 4 amide bonds. The van der Waals surface area contributed by atoms with Crippen LogP contribution in [0.25, 0.3) is 43.1 Å². The fourth-order valence-corrected chi connectivity index (χ4v) is 14.4. The van der Waals surface area contributed by atoms with Crippen LogP contribution in [0.1, 0.15) is 187 Å². The van der Waals surface area contributed by atoms with Crippen LogP contribution >= 0.6 is 0 Å². The van der Waals surface area contributed by atoms with Crippen molar-refractivity contribution in [2.45, 2.75) is 157 Å². The number of nitrogens with zero attached hydrogens (tertiary/aromatic N) is 2. The van der Waals surface area contributed by atoms with Gasteiger partial charge in [-0.25, -0.2) is 19.2 Å². The molecule has 572 valence electrons. The van der Waals surface area contributed by atoms with E-state index in [2.05, 4.69) is 96.2 Å². The van der Waals surface area contributed by atoms with Crippen LogP contribution in [0.4, 0.5) is 0 Å². The molecule has 18 nitrogen and oxygen atoms in total. The number of fused-ring (bicyclic) bond motifs is 2. The van der Waals surface area contributed by atoms with Gasteiger partial charge in [-0.2, -0.15) is 0 Å². The van der Waals surface area contributed by atoms with Gasteiger partial charge in [0.2, 0.25) is 0 Å². The van der Waals surface area contributed by atoms with Crippen molar-refractivity contribution < 1.29 is 76.3 Å². The van der Waals surface area contributed by atoms with Crippen molar-refractivity contribution in [1.29, 1.82) is 0 Å². The van der Waals surface area contributed by atoms with E-state index in [9.17, 15) is 9.59 Å². The van der Waals surface area contributed by atoms with Crippen molar-refractivity contribution >= 4 is 90.6 Å². The molecule has 11 aromatic rings. The largest absolute Gasteiger partial charge is 0.457 e. The predicted molar refractivity (Wildman–Crippen MR) is 432 cm³/mol. The number of hydrogen-bond acceptors (Lipinski definition) is 16. The van der Waals surface area contributed by atoms with E-state index in [0.29, 0.717) is 23.0 Å². The van der Waals surface area contributed by atoms with Crippen molar-refractivity contribution in [2.24, 2.45) is 11.8 Å². The third-order valence-corrected chi connectivity index (χ3v) is 20.2. The molecule has 11 aromatic carbocycles. The van der Waals surface area contributed by atoms with Gasteiger partial charge in [-0.3, -0.25) is 29.0 Å². The summed E-state index contributed by atoms with van der Waals surface area (Å²) in [4.78, 5) is 123. The van der Waals surface area contributed by atoms with Gasteiger partial charge in [0.15, 0.2) is 0 Å². The van der Waals surface area contributed by atoms with Gasteiger partial charge in [-0.15, -0.1) is 0 Å². The maximum atomic E-state index is 16.5. The topological polar surface area (TPSA) is 217 Å². The van der Waals surface area contributed by atoms with Crippen LogP contribution in [0.3, 0.4) is 0 Å². The summed E-state index contributed by atoms with van der Waals surface area (Å²) in [7, 11) is 0. The second kappa shape index (κ2) is 29.8. The Morgan fingerprint density at radius 2 is 0.518 bits per heavy atom. The average Bonchev–Trinajstić information content (AvgIpc) is 0.670. The Kier molecular flexibility index (Phi) is 20.6. The highest BCUT2D eigenvalue weighted by atomic mass is 16.6. The van der Waals surface area contributed by atoms with Crippen LogP contribution in [0, 0.1) is 11.8 Å². The van der Waals surface area contributed by atoms with Crippen molar-refractivity contribution in [3.63, 3.8) is 0 Å². The van der Waals surface area contributed by atoms with Crippen molar-refractivity contribution in [1.82, 2.24) is 9.80 Å². The lowest BCUT2D eigenvalue weighted by Crippen LogP contribution is -2.52.